The van der Waals surface area contributed by atoms with Gasteiger partial charge >= 0.3 is 6.03 Å². The molecule has 2 amide bonds. The fourth-order valence-electron chi connectivity index (χ4n) is 3.80. The van der Waals surface area contributed by atoms with Crippen LogP contribution in [0, 0.1) is 0 Å². The first kappa shape index (κ1) is 17.7. The molecule has 0 aromatic heterocycles. The molecule has 2 aliphatic rings. The lowest BCUT2D eigenvalue weighted by Crippen LogP contribution is -2.40. The first-order chi connectivity index (χ1) is 11.6. The van der Waals surface area contributed by atoms with Crippen LogP contribution in [0.25, 0.3) is 0 Å². The third-order valence-electron chi connectivity index (χ3n) is 5.27. The molecular weight excluding hydrogens is 366 g/mol. The second-order valence-corrected chi connectivity index (χ2v) is 7.91. The maximum Gasteiger partial charge on any atom is 0.321 e. The zero-order valence-corrected chi connectivity index (χ0v) is 16.1. The normalized spacial score (nSPS) is 20.9. The fraction of sp³-hybridized carbons (Fsp3) is 0.632. The molecular formula is C19H28BrN3O. The molecule has 1 aromatic rings. The predicted octanol–water partition coefficient (Wildman–Crippen LogP) is 4.18. The van der Waals surface area contributed by atoms with E-state index in [4.69, 9.17) is 0 Å². The van der Waals surface area contributed by atoms with Gasteiger partial charge in [0.1, 0.15) is 0 Å². The van der Waals surface area contributed by atoms with E-state index < -0.39 is 0 Å². The third kappa shape index (κ3) is 4.31. The van der Waals surface area contributed by atoms with Crippen LogP contribution in [-0.4, -0.2) is 43.2 Å². The van der Waals surface area contributed by atoms with Gasteiger partial charge in [-0.1, -0.05) is 22.4 Å². The molecule has 0 saturated carbocycles. The summed E-state index contributed by atoms with van der Waals surface area (Å²) >= 11 is 3.49. The van der Waals surface area contributed by atoms with E-state index in [1.54, 1.807) is 0 Å². The summed E-state index contributed by atoms with van der Waals surface area (Å²) < 4.78 is 1.08. The van der Waals surface area contributed by atoms with E-state index in [1.807, 2.05) is 17.0 Å². The number of nitrogens with zero attached hydrogens (tertiary/aromatic N) is 2. The van der Waals surface area contributed by atoms with Crippen LogP contribution >= 0.6 is 15.9 Å². The minimum atomic E-state index is 0.0439. The van der Waals surface area contributed by atoms with E-state index in [1.165, 1.54) is 31.4 Å². The fourth-order valence-corrected chi connectivity index (χ4v) is 4.21. The highest BCUT2D eigenvalue weighted by Gasteiger charge is 2.24. The Morgan fingerprint density at radius 3 is 3.00 bits per heavy atom. The maximum absolute atomic E-state index is 12.4. The van der Waals surface area contributed by atoms with Gasteiger partial charge in [0.15, 0.2) is 0 Å². The lowest BCUT2D eigenvalue weighted by molar-refractivity contribution is 0.158. The van der Waals surface area contributed by atoms with Crippen molar-refractivity contribution in [3.8, 4) is 0 Å². The molecule has 0 radical (unpaired) electrons. The monoisotopic (exact) mass is 393 g/mol. The smallest absolute Gasteiger partial charge is 0.321 e. The second-order valence-electron chi connectivity index (χ2n) is 6.99. The summed E-state index contributed by atoms with van der Waals surface area (Å²) in [7, 11) is 0. The number of hydrogen-bond donors (Lipinski definition) is 1. The average Bonchev–Trinajstić information content (AvgIpc) is 2.99. The molecule has 2 aliphatic heterocycles. The number of fused-ring (bicyclic) bond motifs is 1. The lowest BCUT2D eigenvalue weighted by Gasteiger charge is -2.33. The summed E-state index contributed by atoms with van der Waals surface area (Å²) in [5.74, 6) is 0. The molecule has 2 heterocycles. The van der Waals surface area contributed by atoms with Gasteiger partial charge < -0.3 is 10.2 Å². The molecule has 132 valence electrons. The number of hydrogen-bond acceptors (Lipinski definition) is 2. The first-order valence-electron chi connectivity index (χ1n) is 9.23. The molecule has 1 atom stereocenters. The van der Waals surface area contributed by atoms with Crippen molar-refractivity contribution in [2.24, 2.45) is 0 Å². The number of urea groups is 1. The Hall–Kier alpha value is -1.07. The number of carbonyl (C=O) groups is 1. The average molecular weight is 394 g/mol. The number of nitrogens with one attached hydrogen (secondary N) is 1. The minimum absolute atomic E-state index is 0.0439. The predicted molar refractivity (Wildman–Crippen MR) is 103 cm³/mol. The summed E-state index contributed by atoms with van der Waals surface area (Å²) in [5.41, 5.74) is 2.30. The SMILES string of the molecule is CC1CCCCN1CCCCNC(=O)N1CCc2cc(Br)ccc21. The van der Waals surface area contributed by atoms with Crippen LogP contribution in [0.5, 0.6) is 0 Å². The first-order valence-corrected chi connectivity index (χ1v) is 10.0. The quantitative estimate of drug-likeness (QED) is 0.761. The van der Waals surface area contributed by atoms with Gasteiger partial charge in [0.2, 0.25) is 0 Å². The zero-order valence-electron chi connectivity index (χ0n) is 14.6. The van der Waals surface area contributed by atoms with Crippen molar-refractivity contribution in [1.82, 2.24) is 10.2 Å². The lowest BCUT2D eigenvalue weighted by atomic mass is 10.0. The molecule has 0 bridgehead atoms. The molecule has 1 aromatic carbocycles. The van der Waals surface area contributed by atoms with Crippen molar-refractivity contribution in [1.29, 1.82) is 0 Å². The van der Waals surface area contributed by atoms with Crippen molar-refractivity contribution in [3.63, 3.8) is 0 Å². The number of amides is 2. The molecule has 1 saturated heterocycles. The number of piperidine rings is 1. The Bertz CT molecular complexity index is 578. The maximum atomic E-state index is 12.4. The molecule has 1 fully saturated rings. The van der Waals surface area contributed by atoms with Gasteiger partial charge in [0.05, 0.1) is 0 Å². The van der Waals surface area contributed by atoms with E-state index in [2.05, 4.69) is 39.1 Å². The van der Waals surface area contributed by atoms with E-state index in [9.17, 15) is 4.79 Å². The third-order valence-corrected chi connectivity index (χ3v) is 5.76. The van der Waals surface area contributed by atoms with Gasteiger partial charge in [0, 0.05) is 29.3 Å². The highest BCUT2D eigenvalue weighted by Crippen LogP contribution is 2.30. The Kier molecular flexibility index (Phi) is 6.17. The van der Waals surface area contributed by atoms with Crippen molar-refractivity contribution in [3.05, 3.63) is 28.2 Å². The standard InChI is InChI=1S/C19H28BrN3O/c1-15-6-2-4-11-22(15)12-5-3-10-21-19(24)23-13-9-16-14-17(20)7-8-18(16)23/h7-8,14-15H,2-6,9-13H2,1H3,(H,21,24). The highest BCUT2D eigenvalue weighted by molar-refractivity contribution is 9.10. The number of unbranched alkanes of at least 4 members (excludes halogenated alkanes) is 1. The Morgan fingerprint density at radius 2 is 2.17 bits per heavy atom. The van der Waals surface area contributed by atoms with Crippen LogP contribution in [-0.2, 0) is 6.42 Å². The number of carbonyl (C=O) groups excluding carboxylic acids is 1. The van der Waals surface area contributed by atoms with Gasteiger partial charge in [-0.25, -0.2) is 4.79 Å². The van der Waals surface area contributed by atoms with Crippen molar-refractivity contribution in [2.45, 2.75) is 51.5 Å². The summed E-state index contributed by atoms with van der Waals surface area (Å²) in [4.78, 5) is 16.9. The van der Waals surface area contributed by atoms with Crippen LogP contribution in [0.3, 0.4) is 0 Å². The largest absolute Gasteiger partial charge is 0.338 e. The van der Waals surface area contributed by atoms with Crippen molar-refractivity contribution in [2.75, 3.05) is 31.1 Å². The van der Waals surface area contributed by atoms with Gasteiger partial charge in [-0.2, -0.15) is 0 Å². The van der Waals surface area contributed by atoms with E-state index in [-0.39, 0.29) is 6.03 Å². The molecule has 0 aliphatic carbocycles. The van der Waals surface area contributed by atoms with Crippen LogP contribution in [0.2, 0.25) is 0 Å². The van der Waals surface area contributed by atoms with Crippen molar-refractivity contribution >= 4 is 27.6 Å². The summed E-state index contributed by atoms with van der Waals surface area (Å²) in [6.45, 7) is 6.29. The molecule has 0 spiro atoms. The van der Waals surface area contributed by atoms with Crippen LogP contribution in [0.4, 0.5) is 10.5 Å². The van der Waals surface area contributed by atoms with E-state index in [0.717, 1.165) is 55.1 Å². The second kappa shape index (κ2) is 8.34. The van der Waals surface area contributed by atoms with Gasteiger partial charge in [-0.3, -0.25) is 4.90 Å². The van der Waals surface area contributed by atoms with Crippen LogP contribution in [0.15, 0.2) is 22.7 Å². The topological polar surface area (TPSA) is 35.6 Å². The number of likely N-dealkylation sites (tertiary alicyclic amines) is 1. The molecule has 5 heteroatoms. The summed E-state index contributed by atoms with van der Waals surface area (Å²) in [6, 6.07) is 6.92. The van der Waals surface area contributed by atoms with Gasteiger partial charge in [-0.15, -0.1) is 0 Å². The van der Waals surface area contributed by atoms with Gasteiger partial charge in [-0.05, 0) is 75.9 Å². The summed E-state index contributed by atoms with van der Waals surface area (Å²) in [5, 5.41) is 3.09. The van der Waals surface area contributed by atoms with E-state index >= 15 is 0 Å². The molecule has 24 heavy (non-hydrogen) atoms. The van der Waals surface area contributed by atoms with Crippen molar-refractivity contribution < 1.29 is 4.79 Å². The highest BCUT2D eigenvalue weighted by atomic mass is 79.9. The molecule has 4 nitrogen and oxygen atoms in total. The molecule has 1 unspecified atom stereocenters. The number of benzene rings is 1. The zero-order chi connectivity index (χ0) is 16.9. The Balaban J connectivity index is 1.38. The molecule has 3 rings (SSSR count). The van der Waals surface area contributed by atoms with Crippen LogP contribution < -0.4 is 10.2 Å². The Labute approximate surface area is 153 Å². The number of anilines is 1. The Morgan fingerprint density at radius 1 is 1.29 bits per heavy atom. The summed E-state index contributed by atoms with van der Waals surface area (Å²) in [6.07, 6.45) is 7.20. The van der Waals surface area contributed by atoms with E-state index in [0.29, 0.717) is 0 Å². The van der Waals surface area contributed by atoms with Gasteiger partial charge in [0.25, 0.3) is 0 Å². The molecule has 1 N–H and O–H groups in total. The number of rotatable bonds is 5. The number of halogens is 1. The van der Waals surface area contributed by atoms with Crippen LogP contribution in [0.1, 0.15) is 44.6 Å². The minimum Gasteiger partial charge on any atom is -0.338 e.